The monoisotopic (exact) mass is 522 g/mol. The average Bonchev–Trinajstić information content (AvgIpc) is 3.15. The number of carbonyl (C=O) groups excluding carboxylic acids is 1. The standard InChI is InChI=1S/C9H9BrN4O.C9H7BrN2O2/c1-15-9-6(2-5(10)4-12-9)7-3-8(11)14-13-7;1-14-9-7(8(13)2-3-11)4-6(10)5-12-9/h2-4H,1H3,(H3,11,13,14);4-5H,2H2,1H3. The van der Waals surface area contributed by atoms with Gasteiger partial charge in [0.15, 0.2) is 5.78 Å². The molecule has 0 aromatic carbocycles. The Morgan fingerprint density at radius 2 is 1.76 bits per heavy atom. The van der Waals surface area contributed by atoms with Crippen molar-refractivity contribution in [1.29, 1.82) is 5.26 Å². The summed E-state index contributed by atoms with van der Waals surface area (Å²) < 4.78 is 11.6. The molecule has 0 radical (unpaired) electrons. The van der Waals surface area contributed by atoms with Gasteiger partial charge in [-0.05, 0) is 44.0 Å². The largest absolute Gasteiger partial charge is 0.481 e. The van der Waals surface area contributed by atoms with Crippen molar-refractivity contribution in [3.8, 4) is 29.1 Å². The van der Waals surface area contributed by atoms with Gasteiger partial charge in [-0.1, -0.05) is 0 Å². The number of aromatic nitrogens is 4. The zero-order chi connectivity index (χ0) is 21.4. The molecule has 0 saturated heterocycles. The first-order valence-corrected chi connectivity index (χ1v) is 9.58. The van der Waals surface area contributed by atoms with E-state index >= 15 is 0 Å². The van der Waals surface area contributed by atoms with Crippen molar-refractivity contribution in [3.05, 3.63) is 45.1 Å². The lowest BCUT2D eigenvalue weighted by Crippen LogP contribution is -2.02. The molecular formula is C18H16Br2N6O3. The molecule has 29 heavy (non-hydrogen) atoms. The van der Waals surface area contributed by atoms with Crippen LogP contribution in [0.15, 0.2) is 39.5 Å². The zero-order valence-electron chi connectivity index (χ0n) is 15.4. The van der Waals surface area contributed by atoms with Crippen molar-refractivity contribution in [3.63, 3.8) is 0 Å². The summed E-state index contributed by atoms with van der Waals surface area (Å²) in [6.07, 6.45) is 3.03. The van der Waals surface area contributed by atoms with E-state index in [0.29, 0.717) is 21.7 Å². The summed E-state index contributed by atoms with van der Waals surface area (Å²) in [5.74, 6) is 0.917. The smallest absolute Gasteiger partial charge is 0.224 e. The van der Waals surface area contributed by atoms with E-state index in [1.807, 2.05) is 6.07 Å². The van der Waals surface area contributed by atoms with E-state index in [2.05, 4.69) is 52.0 Å². The third-order valence-corrected chi connectivity index (χ3v) is 4.32. The van der Waals surface area contributed by atoms with Crippen LogP contribution in [-0.2, 0) is 0 Å². The van der Waals surface area contributed by atoms with Gasteiger partial charge >= 0.3 is 0 Å². The highest BCUT2D eigenvalue weighted by Crippen LogP contribution is 2.29. The second kappa shape index (κ2) is 10.5. The highest BCUT2D eigenvalue weighted by Gasteiger charge is 2.13. The molecule has 0 unspecified atom stereocenters. The summed E-state index contributed by atoms with van der Waals surface area (Å²) in [6, 6.07) is 6.99. The first-order valence-electron chi connectivity index (χ1n) is 8.00. The quantitative estimate of drug-likeness (QED) is 0.481. The minimum atomic E-state index is -0.293. The fourth-order valence-electron chi connectivity index (χ4n) is 2.21. The molecule has 0 amide bonds. The number of pyridine rings is 2. The van der Waals surface area contributed by atoms with Gasteiger partial charge in [0, 0.05) is 27.4 Å². The van der Waals surface area contributed by atoms with Crippen LogP contribution in [0.3, 0.4) is 0 Å². The Bertz CT molecular complexity index is 1050. The minimum Gasteiger partial charge on any atom is -0.481 e. The Hall–Kier alpha value is -2.97. The van der Waals surface area contributed by atoms with E-state index in [9.17, 15) is 4.79 Å². The van der Waals surface area contributed by atoms with Crippen LogP contribution >= 0.6 is 31.9 Å². The summed E-state index contributed by atoms with van der Waals surface area (Å²) in [7, 11) is 3.00. The number of hydrogen-bond acceptors (Lipinski definition) is 8. The van der Waals surface area contributed by atoms with Crippen LogP contribution < -0.4 is 15.2 Å². The highest BCUT2D eigenvalue weighted by atomic mass is 79.9. The zero-order valence-corrected chi connectivity index (χ0v) is 18.6. The molecule has 0 spiro atoms. The third-order valence-electron chi connectivity index (χ3n) is 3.45. The van der Waals surface area contributed by atoms with Crippen molar-refractivity contribution in [2.24, 2.45) is 0 Å². The predicted molar refractivity (Wildman–Crippen MR) is 114 cm³/mol. The molecule has 0 aliphatic rings. The molecule has 3 N–H and O–H groups in total. The van der Waals surface area contributed by atoms with Gasteiger partial charge in [-0.25, -0.2) is 9.97 Å². The van der Waals surface area contributed by atoms with E-state index in [1.165, 1.54) is 13.3 Å². The van der Waals surface area contributed by atoms with Crippen molar-refractivity contribution in [1.82, 2.24) is 20.2 Å². The van der Waals surface area contributed by atoms with E-state index in [1.54, 1.807) is 31.5 Å². The number of nitrogens with two attached hydrogens (primary N) is 1. The van der Waals surface area contributed by atoms with Crippen LogP contribution in [-0.4, -0.2) is 40.2 Å². The molecule has 0 bridgehead atoms. The highest BCUT2D eigenvalue weighted by molar-refractivity contribution is 9.10. The lowest BCUT2D eigenvalue weighted by Gasteiger charge is -2.05. The Morgan fingerprint density at radius 1 is 1.14 bits per heavy atom. The molecule has 9 nitrogen and oxygen atoms in total. The second-order valence-corrected chi connectivity index (χ2v) is 7.22. The SMILES string of the molecule is COc1ncc(Br)cc1-c1cc(N)n[nH]1.COc1ncc(Br)cc1C(=O)CC#N. The van der Waals surface area contributed by atoms with Crippen molar-refractivity contribution in [2.45, 2.75) is 6.42 Å². The number of H-pyrrole nitrogens is 1. The fourth-order valence-corrected chi connectivity index (χ4v) is 2.88. The lowest BCUT2D eigenvalue weighted by molar-refractivity contribution is 0.0994. The minimum absolute atomic E-state index is 0.172. The number of nitrogens with zero attached hydrogens (tertiary/aromatic N) is 4. The molecule has 0 aliphatic heterocycles. The van der Waals surface area contributed by atoms with Crippen LogP contribution in [0, 0.1) is 11.3 Å². The number of methoxy groups -OCH3 is 2. The normalized spacial score (nSPS) is 9.76. The van der Waals surface area contributed by atoms with E-state index in [0.717, 1.165) is 15.7 Å². The number of aromatic amines is 1. The molecular weight excluding hydrogens is 508 g/mol. The average molecular weight is 524 g/mol. The van der Waals surface area contributed by atoms with Crippen LogP contribution in [0.2, 0.25) is 0 Å². The van der Waals surface area contributed by atoms with Crippen LogP contribution in [0.25, 0.3) is 11.3 Å². The maximum absolute atomic E-state index is 11.4. The van der Waals surface area contributed by atoms with Crippen molar-refractivity contribution < 1.29 is 14.3 Å². The first kappa shape index (κ1) is 22.3. The van der Waals surface area contributed by atoms with Crippen LogP contribution in [0.1, 0.15) is 16.8 Å². The lowest BCUT2D eigenvalue weighted by atomic mass is 10.1. The molecule has 150 valence electrons. The van der Waals surface area contributed by atoms with Gasteiger partial charge < -0.3 is 15.2 Å². The van der Waals surface area contributed by atoms with Gasteiger partial charge in [0.2, 0.25) is 11.8 Å². The van der Waals surface area contributed by atoms with E-state index < -0.39 is 0 Å². The molecule has 3 aromatic heterocycles. The van der Waals surface area contributed by atoms with Crippen LogP contribution in [0.4, 0.5) is 5.82 Å². The number of Topliss-reactive ketones (excluding diaryl/α,β-unsaturated/α-hetero) is 1. The Kier molecular flexibility index (Phi) is 8.11. The second-order valence-electron chi connectivity index (χ2n) is 5.39. The number of hydrogen-bond donors (Lipinski definition) is 2. The molecule has 3 heterocycles. The number of carbonyl (C=O) groups is 1. The van der Waals surface area contributed by atoms with Crippen molar-refractivity contribution >= 4 is 43.5 Å². The van der Waals surface area contributed by atoms with Crippen LogP contribution in [0.5, 0.6) is 11.8 Å². The molecule has 0 aliphatic carbocycles. The predicted octanol–water partition coefficient (Wildman–Crippen LogP) is 3.77. The molecule has 0 atom stereocenters. The summed E-state index contributed by atoms with van der Waals surface area (Å²) in [5.41, 5.74) is 7.44. The number of halogens is 2. The summed E-state index contributed by atoms with van der Waals surface area (Å²) >= 11 is 6.54. The van der Waals surface area contributed by atoms with Crippen molar-refractivity contribution in [2.75, 3.05) is 20.0 Å². The maximum Gasteiger partial charge on any atom is 0.224 e. The third kappa shape index (κ3) is 6.00. The van der Waals surface area contributed by atoms with Gasteiger partial charge in [0.25, 0.3) is 0 Å². The van der Waals surface area contributed by atoms with Gasteiger partial charge in [-0.15, -0.1) is 0 Å². The number of anilines is 1. The number of nitrogen functional groups attached to an aromatic ring is 1. The molecule has 11 heteroatoms. The van der Waals surface area contributed by atoms with Gasteiger partial charge in [-0.2, -0.15) is 10.4 Å². The van der Waals surface area contributed by atoms with Gasteiger partial charge in [0.1, 0.15) is 5.82 Å². The number of nitriles is 1. The molecule has 0 fully saturated rings. The van der Waals surface area contributed by atoms with E-state index in [-0.39, 0.29) is 18.1 Å². The number of nitrogens with one attached hydrogen (secondary N) is 1. The Labute approximate surface area is 183 Å². The van der Waals surface area contributed by atoms with Gasteiger partial charge in [0.05, 0.1) is 43.5 Å². The number of ketones is 1. The van der Waals surface area contributed by atoms with Gasteiger partial charge in [-0.3, -0.25) is 9.89 Å². The molecule has 0 saturated carbocycles. The maximum atomic E-state index is 11.4. The fraction of sp³-hybridized carbons (Fsp3) is 0.167. The number of ether oxygens (including phenoxy) is 2. The first-order chi connectivity index (χ1) is 13.9. The molecule has 3 aromatic rings. The molecule has 3 rings (SSSR count). The van der Waals surface area contributed by atoms with E-state index in [4.69, 9.17) is 20.5 Å². The Morgan fingerprint density at radius 3 is 2.31 bits per heavy atom. The summed E-state index contributed by atoms with van der Waals surface area (Å²) in [6.45, 7) is 0. The topological polar surface area (TPSA) is 140 Å². The summed E-state index contributed by atoms with van der Waals surface area (Å²) in [5, 5.41) is 15.0. The number of rotatable bonds is 5. The summed E-state index contributed by atoms with van der Waals surface area (Å²) in [4.78, 5) is 19.4. The Balaban J connectivity index is 0.000000208.